The summed E-state index contributed by atoms with van der Waals surface area (Å²) in [7, 11) is 0. The van der Waals surface area contributed by atoms with E-state index in [0.717, 1.165) is 25.7 Å². The Labute approximate surface area is 89.5 Å². The fourth-order valence-corrected chi connectivity index (χ4v) is 1.48. The molecule has 3 heteroatoms. The molecule has 2 rings (SSSR count). The number of hydrogen-bond donors (Lipinski definition) is 0. The molecule has 82 valence electrons. The Bertz CT molecular complexity index is 278. The van der Waals surface area contributed by atoms with Crippen LogP contribution in [-0.2, 0) is 4.79 Å². The summed E-state index contributed by atoms with van der Waals surface area (Å²) in [6.07, 6.45) is 8.64. The molecule has 0 unspecified atom stereocenters. The van der Waals surface area contributed by atoms with Crippen molar-refractivity contribution >= 4 is 12.1 Å². The van der Waals surface area contributed by atoms with Gasteiger partial charge in [-0.25, -0.2) is 0 Å². The van der Waals surface area contributed by atoms with Crippen LogP contribution in [0.3, 0.4) is 0 Å². The molecule has 0 atom stereocenters. The number of carbonyl (C=O) groups excluding carboxylic acids is 2. The van der Waals surface area contributed by atoms with Gasteiger partial charge in [0.2, 0.25) is 0 Å². The van der Waals surface area contributed by atoms with Gasteiger partial charge in [-0.1, -0.05) is 12.8 Å². The molecule has 1 saturated carbocycles. The summed E-state index contributed by atoms with van der Waals surface area (Å²) in [4.78, 5) is 20.5. The molecular formula is C12H16O3. The van der Waals surface area contributed by atoms with Gasteiger partial charge in [-0.2, -0.15) is 0 Å². The summed E-state index contributed by atoms with van der Waals surface area (Å²) in [5.74, 6) is 0.850. The van der Waals surface area contributed by atoms with Crippen molar-refractivity contribution in [1.82, 2.24) is 0 Å². The number of Topliss-reactive ketones (excluding diaryl/α,β-unsaturated/α-hetero) is 1. The van der Waals surface area contributed by atoms with Crippen LogP contribution < -0.4 is 0 Å². The summed E-state index contributed by atoms with van der Waals surface area (Å²) in [5.41, 5.74) is 0. The molecule has 1 fully saturated rings. The van der Waals surface area contributed by atoms with Crippen LogP contribution in [0.4, 0.5) is 0 Å². The zero-order valence-corrected chi connectivity index (χ0v) is 8.78. The van der Waals surface area contributed by atoms with Crippen molar-refractivity contribution in [3.05, 3.63) is 24.2 Å². The van der Waals surface area contributed by atoms with E-state index in [2.05, 4.69) is 4.42 Å². The minimum atomic E-state index is 0.375. The van der Waals surface area contributed by atoms with E-state index in [1.807, 2.05) is 0 Å². The van der Waals surface area contributed by atoms with Crippen LogP contribution in [0.15, 0.2) is 22.8 Å². The van der Waals surface area contributed by atoms with Crippen LogP contribution in [0.25, 0.3) is 0 Å². The molecule has 15 heavy (non-hydrogen) atoms. The first-order valence-electron chi connectivity index (χ1n) is 5.33. The molecule has 0 saturated heterocycles. The molecule has 1 aliphatic rings. The minimum absolute atomic E-state index is 0.375. The number of carbonyl (C=O) groups is 2. The zero-order chi connectivity index (χ0) is 10.9. The third kappa shape index (κ3) is 5.15. The summed E-state index contributed by atoms with van der Waals surface area (Å²) < 4.78 is 4.61. The fraction of sp³-hybridized carbons (Fsp3) is 0.500. The molecule has 1 aromatic heterocycles. The van der Waals surface area contributed by atoms with Crippen molar-refractivity contribution in [2.45, 2.75) is 38.5 Å². The number of ketones is 1. The standard InChI is InChI=1S/C7H12O.C5H4O2/c8-7-5-3-1-2-4-6-7;6-4-5-2-1-3-7-5/h1-6H2;1-4H. The Morgan fingerprint density at radius 2 is 1.80 bits per heavy atom. The van der Waals surface area contributed by atoms with Gasteiger partial charge < -0.3 is 4.42 Å². The second kappa shape index (κ2) is 6.98. The average Bonchev–Trinajstić information content (AvgIpc) is 2.67. The molecule has 3 nitrogen and oxygen atoms in total. The minimum Gasteiger partial charge on any atom is -0.462 e. The van der Waals surface area contributed by atoms with E-state index in [0.29, 0.717) is 17.8 Å². The monoisotopic (exact) mass is 208 g/mol. The summed E-state index contributed by atoms with van der Waals surface area (Å²) >= 11 is 0. The first kappa shape index (κ1) is 11.7. The van der Waals surface area contributed by atoms with Crippen molar-refractivity contribution in [2.24, 2.45) is 0 Å². The van der Waals surface area contributed by atoms with Gasteiger partial charge >= 0.3 is 0 Å². The molecule has 0 bridgehead atoms. The molecule has 0 N–H and O–H groups in total. The molecular weight excluding hydrogens is 192 g/mol. The van der Waals surface area contributed by atoms with Gasteiger partial charge in [0.05, 0.1) is 6.26 Å². The smallest absolute Gasteiger partial charge is 0.185 e. The highest BCUT2D eigenvalue weighted by atomic mass is 16.3. The third-order valence-electron chi connectivity index (χ3n) is 2.32. The maximum atomic E-state index is 10.7. The van der Waals surface area contributed by atoms with Crippen molar-refractivity contribution < 1.29 is 14.0 Å². The Balaban J connectivity index is 0.000000151. The van der Waals surface area contributed by atoms with Gasteiger partial charge in [0.15, 0.2) is 12.0 Å². The SMILES string of the molecule is O=C1CCCCCC1.O=Cc1ccco1. The lowest BCUT2D eigenvalue weighted by Gasteiger charge is -1.87. The van der Waals surface area contributed by atoms with Crippen molar-refractivity contribution in [2.75, 3.05) is 0 Å². The second-order valence-corrected chi connectivity index (χ2v) is 3.59. The Kier molecular flexibility index (Phi) is 5.44. The van der Waals surface area contributed by atoms with Crippen LogP contribution in [0.2, 0.25) is 0 Å². The second-order valence-electron chi connectivity index (χ2n) is 3.59. The van der Waals surface area contributed by atoms with Crippen molar-refractivity contribution in [3.63, 3.8) is 0 Å². The van der Waals surface area contributed by atoms with Crippen LogP contribution in [-0.4, -0.2) is 12.1 Å². The predicted octanol–water partition coefficient (Wildman–Crippen LogP) is 3.00. The van der Waals surface area contributed by atoms with Crippen LogP contribution >= 0.6 is 0 Å². The summed E-state index contributed by atoms with van der Waals surface area (Å²) in [6, 6.07) is 3.27. The van der Waals surface area contributed by atoms with Crippen molar-refractivity contribution in [1.29, 1.82) is 0 Å². The topological polar surface area (TPSA) is 47.3 Å². The number of furan rings is 1. The van der Waals surface area contributed by atoms with E-state index in [1.54, 1.807) is 12.1 Å². The Morgan fingerprint density at radius 3 is 2.20 bits per heavy atom. The van der Waals surface area contributed by atoms with Gasteiger partial charge in [0.1, 0.15) is 5.78 Å². The lowest BCUT2D eigenvalue weighted by molar-refractivity contribution is -0.118. The van der Waals surface area contributed by atoms with Gasteiger partial charge in [-0.3, -0.25) is 9.59 Å². The van der Waals surface area contributed by atoms with Gasteiger partial charge in [-0.05, 0) is 25.0 Å². The average molecular weight is 208 g/mol. The highest BCUT2D eigenvalue weighted by Crippen LogP contribution is 2.12. The molecule has 0 radical (unpaired) electrons. The van der Waals surface area contributed by atoms with Gasteiger partial charge in [-0.15, -0.1) is 0 Å². The molecule has 1 aliphatic carbocycles. The quantitative estimate of drug-likeness (QED) is 0.526. The van der Waals surface area contributed by atoms with Crippen LogP contribution in [0, 0.1) is 0 Å². The van der Waals surface area contributed by atoms with Crippen LogP contribution in [0.1, 0.15) is 49.1 Å². The van der Waals surface area contributed by atoms with E-state index >= 15 is 0 Å². The lowest BCUT2D eigenvalue weighted by atomic mass is 10.2. The Morgan fingerprint density at radius 1 is 1.13 bits per heavy atom. The summed E-state index contributed by atoms with van der Waals surface area (Å²) in [5, 5.41) is 0. The van der Waals surface area contributed by atoms with E-state index in [9.17, 15) is 9.59 Å². The zero-order valence-electron chi connectivity index (χ0n) is 8.78. The first-order valence-corrected chi connectivity index (χ1v) is 5.33. The van der Waals surface area contributed by atoms with Crippen molar-refractivity contribution in [3.8, 4) is 0 Å². The number of aldehydes is 1. The predicted molar refractivity (Wildman–Crippen MR) is 56.8 cm³/mol. The molecule has 0 aromatic carbocycles. The van der Waals surface area contributed by atoms with Gasteiger partial charge in [0, 0.05) is 12.8 Å². The number of rotatable bonds is 1. The highest BCUT2D eigenvalue weighted by Gasteiger charge is 2.04. The first-order chi connectivity index (χ1) is 7.33. The highest BCUT2D eigenvalue weighted by molar-refractivity contribution is 5.78. The van der Waals surface area contributed by atoms with E-state index in [-0.39, 0.29) is 0 Å². The maximum Gasteiger partial charge on any atom is 0.185 e. The number of hydrogen-bond acceptors (Lipinski definition) is 3. The third-order valence-corrected chi connectivity index (χ3v) is 2.32. The van der Waals surface area contributed by atoms with Crippen LogP contribution in [0.5, 0.6) is 0 Å². The van der Waals surface area contributed by atoms with E-state index < -0.39 is 0 Å². The normalized spacial score (nSPS) is 16.1. The van der Waals surface area contributed by atoms with E-state index in [1.165, 1.54) is 19.1 Å². The molecule has 1 heterocycles. The Hall–Kier alpha value is -1.38. The molecule has 0 spiro atoms. The molecule has 1 aromatic rings. The van der Waals surface area contributed by atoms with Gasteiger partial charge in [0.25, 0.3) is 0 Å². The maximum absolute atomic E-state index is 10.7. The summed E-state index contributed by atoms with van der Waals surface area (Å²) in [6.45, 7) is 0. The fourth-order valence-electron chi connectivity index (χ4n) is 1.48. The lowest BCUT2D eigenvalue weighted by Crippen LogP contribution is -1.91. The van der Waals surface area contributed by atoms with E-state index in [4.69, 9.17) is 0 Å². The molecule has 0 amide bonds. The molecule has 0 aliphatic heterocycles. The largest absolute Gasteiger partial charge is 0.462 e.